The first kappa shape index (κ1) is 24.3. The zero-order chi connectivity index (χ0) is 24.0. The lowest BCUT2D eigenvalue weighted by Crippen LogP contribution is -2.10. The van der Waals surface area contributed by atoms with E-state index in [9.17, 15) is 14.4 Å². The molecule has 33 heavy (non-hydrogen) atoms. The molecule has 0 fully saturated rings. The van der Waals surface area contributed by atoms with Gasteiger partial charge >= 0.3 is 0 Å². The molecule has 2 aromatic carbocycles. The fourth-order valence-electron chi connectivity index (χ4n) is 3.26. The van der Waals surface area contributed by atoms with Gasteiger partial charge in [-0.15, -0.1) is 11.6 Å². The van der Waals surface area contributed by atoms with Crippen molar-refractivity contribution in [2.24, 2.45) is 0 Å². The van der Waals surface area contributed by atoms with Gasteiger partial charge in [0.15, 0.2) is 0 Å². The van der Waals surface area contributed by atoms with Crippen molar-refractivity contribution in [1.82, 2.24) is 4.98 Å². The standard InChI is InChI=1S/C24H21Cl2FN4O2/c1-3-19-16(13-28)24(29-14-7-8-18(27)17(26)10-14)15-11-21(31-23(32)6-5-9-25)22(33-4-2)12-20(15)30-19/h5-8,10-12H,3-4,9H2,1-2H3,(H,29,30)(H,31,32)/b6-5+. The van der Waals surface area contributed by atoms with Crippen LogP contribution < -0.4 is 15.4 Å². The van der Waals surface area contributed by atoms with Crippen LogP contribution in [0.25, 0.3) is 10.9 Å². The molecule has 3 aromatic rings. The molecule has 0 aliphatic rings. The number of allylic oxidation sites excluding steroid dienone is 1. The van der Waals surface area contributed by atoms with E-state index in [4.69, 9.17) is 27.9 Å². The number of amides is 1. The summed E-state index contributed by atoms with van der Waals surface area (Å²) < 4.78 is 19.4. The largest absolute Gasteiger partial charge is 0.492 e. The maximum absolute atomic E-state index is 13.6. The van der Waals surface area contributed by atoms with Crippen molar-refractivity contribution in [2.75, 3.05) is 23.1 Å². The van der Waals surface area contributed by atoms with Gasteiger partial charge in [-0.2, -0.15) is 5.26 Å². The minimum Gasteiger partial charge on any atom is -0.492 e. The predicted molar refractivity (Wildman–Crippen MR) is 130 cm³/mol. The summed E-state index contributed by atoms with van der Waals surface area (Å²) >= 11 is 11.6. The first-order valence-electron chi connectivity index (χ1n) is 10.2. The molecule has 0 aliphatic carbocycles. The van der Waals surface area contributed by atoms with Crippen molar-refractivity contribution in [1.29, 1.82) is 5.26 Å². The summed E-state index contributed by atoms with van der Waals surface area (Å²) in [5, 5.41) is 16.4. The number of ether oxygens (including phenoxy) is 1. The maximum atomic E-state index is 13.6. The van der Waals surface area contributed by atoms with E-state index >= 15 is 0 Å². The summed E-state index contributed by atoms with van der Waals surface area (Å²) in [6.45, 7) is 4.11. The van der Waals surface area contributed by atoms with Gasteiger partial charge in [0.05, 0.1) is 39.8 Å². The highest BCUT2D eigenvalue weighted by atomic mass is 35.5. The molecule has 170 valence electrons. The van der Waals surface area contributed by atoms with Crippen molar-refractivity contribution >= 4 is 57.1 Å². The summed E-state index contributed by atoms with van der Waals surface area (Å²) in [6, 6.07) is 9.80. The highest BCUT2D eigenvalue weighted by molar-refractivity contribution is 6.31. The summed E-state index contributed by atoms with van der Waals surface area (Å²) in [5.74, 6) is -0.289. The number of alkyl halides is 1. The van der Waals surface area contributed by atoms with E-state index in [1.807, 2.05) is 13.8 Å². The van der Waals surface area contributed by atoms with Gasteiger partial charge < -0.3 is 15.4 Å². The van der Waals surface area contributed by atoms with Gasteiger partial charge in [0.2, 0.25) is 5.91 Å². The van der Waals surface area contributed by atoms with Crippen LogP contribution in [-0.2, 0) is 11.2 Å². The highest BCUT2D eigenvalue weighted by Crippen LogP contribution is 2.38. The number of rotatable bonds is 8. The van der Waals surface area contributed by atoms with Gasteiger partial charge in [0.25, 0.3) is 0 Å². The Morgan fingerprint density at radius 3 is 2.73 bits per heavy atom. The third-order valence-corrected chi connectivity index (χ3v) is 5.18. The van der Waals surface area contributed by atoms with E-state index in [1.54, 1.807) is 12.1 Å². The number of aryl methyl sites for hydroxylation is 1. The molecule has 0 atom stereocenters. The molecule has 1 heterocycles. The Morgan fingerprint density at radius 2 is 2.09 bits per heavy atom. The number of nitrogens with zero attached hydrogens (tertiary/aromatic N) is 2. The number of fused-ring (bicyclic) bond motifs is 1. The molecule has 1 aromatic heterocycles. The molecule has 1 amide bonds. The van der Waals surface area contributed by atoms with Crippen LogP contribution in [0.1, 0.15) is 25.1 Å². The van der Waals surface area contributed by atoms with Crippen molar-refractivity contribution in [3.8, 4) is 11.8 Å². The zero-order valence-corrected chi connectivity index (χ0v) is 19.5. The first-order chi connectivity index (χ1) is 15.9. The number of halogens is 3. The zero-order valence-electron chi connectivity index (χ0n) is 18.0. The van der Waals surface area contributed by atoms with Crippen LogP contribution in [-0.4, -0.2) is 23.4 Å². The van der Waals surface area contributed by atoms with Gasteiger partial charge in [-0.05, 0) is 37.6 Å². The minimum absolute atomic E-state index is 0.0507. The lowest BCUT2D eigenvalue weighted by Gasteiger charge is -2.18. The normalized spacial score (nSPS) is 10.9. The highest BCUT2D eigenvalue weighted by Gasteiger charge is 2.18. The topological polar surface area (TPSA) is 87.0 Å². The van der Waals surface area contributed by atoms with Crippen molar-refractivity contribution < 1.29 is 13.9 Å². The van der Waals surface area contributed by atoms with Crippen LogP contribution in [0.4, 0.5) is 21.5 Å². The Morgan fingerprint density at radius 1 is 1.30 bits per heavy atom. The first-order valence-corrected chi connectivity index (χ1v) is 11.1. The van der Waals surface area contributed by atoms with Gasteiger partial charge in [0.1, 0.15) is 17.6 Å². The predicted octanol–water partition coefficient (Wildman–Crippen LogP) is 6.34. The molecular formula is C24H21Cl2FN4O2. The van der Waals surface area contributed by atoms with Crippen LogP contribution >= 0.6 is 23.2 Å². The number of aromatic nitrogens is 1. The molecule has 0 spiro atoms. The van der Waals surface area contributed by atoms with E-state index in [2.05, 4.69) is 21.7 Å². The molecule has 0 saturated heterocycles. The number of nitrogens with one attached hydrogen (secondary N) is 2. The molecule has 6 nitrogen and oxygen atoms in total. The molecule has 0 radical (unpaired) electrons. The Bertz CT molecular complexity index is 1270. The fraction of sp³-hybridized carbons (Fsp3) is 0.208. The quantitative estimate of drug-likeness (QED) is 0.286. The number of carbonyl (C=O) groups excluding carboxylic acids is 1. The second-order valence-corrected chi connectivity index (χ2v) is 7.59. The summed E-state index contributed by atoms with van der Waals surface area (Å²) in [6.07, 6.45) is 3.36. The van der Waals surface area contributed by atoms with Crippen molar-refractivity contribution in [2.45, 2.75) is 20.3 Å². The van der Waals surface area contributed by atoms with E-state index in [0.717, 1.165) is 0 Å². The fourth-order valence-corrected chi connectivity index (χ4v) is 3.53. The Kier molecular flexibility index (Phi) is 8.10. The number of hydrogen-bond acceptors (Lipinski definition) is 5. The number of pyridine rings is 1. The van der Waals surface area contributed by atoms with Crippen molar-refractivity contribution in [3.05, 3.63) is 64.6 Å². The van der Waals surface area contributed by atoms with Crippen LogP contribution in [0.3, 0.4) is 0 Å². The van der Waals surface area contributed by atoms with Crippen LogP contribution in [0, 0.1) is 17.1 Å². The number of carbonyl (C=O) groups is 1. The van der Waals surface area contributed by atoms with Gasteiger partial charge in [-0.3, -0.25) is 9.78 Å². The molecule has 3 rings (SSSR count). The summed E-state index contributed by atoms with van der Waals surface area (Å²) in [4.78, 5) is 16.9. The third kappa shape index (κ3) is 5.54. The number of nitriles is 1. The number of anilines is 3. The lowest BCUT2D eigenvalue weighted by atomic mass is 10.0. The molecule has 9 heteroatoms. The van der Waals surface area contributed by atoms with Crippen LogP contribution in [0.5, 0.6) is 5.75 Å². The smallest absolute Gasteiger partial charge is 0.248 e. The van der Waals surface area contributed by atoms with E-state index in [1.165, 1.54) is 30.4 Å². The monoisotopic (exact) mass is 486 g/mol. The average molecular weight is 487 g/mol. The minimum atomic E-state index is -0.548. The van der Waals surface area contributed by atoms with Crippen LogP contribution in [0.2, 0.25) is 5.02 Å². The molecule has 0 bridgehead atoms. The average Bonchev–Trinajstić information content (AvgIpc) is 2.80. The van der Waals surface area contributed by atoms with E-state index in [0.29, 0.717) is 58.0 Å². The van der Waals surface area contributed by atoms with Crippen LogP contribution in [0.15, 0.2) is 42.5 Å². The van der Waals surface area contributed by atoms with E-state index < -0.39 is 5.82 Å². The Balaban J connectivity index is 2.23. The Hall–Kier alpha value is -3.34. The summed E-state index contributed by atoms with van der Waals surface area (Å²) in [5.41, 5.74) is 2.87. The Labute approximate surface area is 201 Å². The van der Waals surface area contributed by atoms with Gasteiger partial charge in [0, 0.05) is 29.1 Å². The molecule has 2 N–H and O–H groups in total. The maximum Gasteiger partial charge on any atom is 0.248 e. The summed E-state index contributed by atoms with van der Waals surface area (Å²) in [7, 11) is 0. The number of benzene rings is 2. The second-order valence-electron chi connectivity index (χ2n) is 6.87. The SMILES string of the molecule is CCOc1cc2nc(CC)c(C#N)c(Nc3ccc(F)c(Cl)c3)c2cc1NC(=O)/C=C/CCl. The molecule has 0 saturated carbocycles. The van der Waals surface area contributed by atoms with E-state index in [-0.39, 0.29) is 16.8 Å². The molecule has 0 aliphatic heterocycles. The second kappa shape index (κ2) is 11.0. The van der Waals surface area contributed by atoms with Gasteiger partial charge in [-0.25, -0.2) is 4.39 Å². The van der Waals surface area contributed by atoms with Crippen molar-refractivity contribution in [3.63, 3.8) is 0 Å². The van der Waals surface area contributed by atoms with Gasteiger partial charge in [-0.1, -0.05) is 24.6 Å². The third-order valence-electron chi connectivity index (χ3n) is 4.71. The number of hydrogen-bond donors (Lipinski definition) is 2. The molecular weight excluding hydrogens is 466 g/mol. The lowest BCUT2D eigenvalue weighted by molar-refractivity contribution is -0.111. The molecule has 0 unspecified atom stereocenters.